The van der Waals surface area contributed by atoms with Gasteiger partial charge in [0.2, 0.25) is 17.7 Å². The van der Waals surface area contributed by atoms with Crippen molar-refractivity contribution in [1.82, 2.24) is 16.0 Å². The highest BCUT2D eigenvalue weighted by Crippen LogP contribution is 2.49. The van der Waals surface area contributed by atoms with E-state index >= 15 is 0 Å². The summed E-state index contributed by atoms with van der Waals surface area (Å²) in [6, 6.07) is 2.83. The van der Waals surface area contributed by atoms with Crippen LogP contribution in [0.25, 0.3) is 0 Å². The van der Waals surface area contributed by atoms with Gasteiger partial charge in [-0.25, -0.2) is 4.79 Å². The fourth-order valence-electron chi connectivity index (χ4n) is 4.08. The van der Waals surface area contributed by atoms with Crippen LogP contribution in [0.5, 0.6) is 11.5 Å². The Kier molecular flexibility index (Phi) is 12.0. The molecule has 0 saturated heterocycles. The first-order chi connectivity index (χ1) is 18.5. The van der Waals surface area contributed by atoms with Crippen molar-refractivity contribution >= 4 is 29.7 Å². The number of esters is 2. The smallest absolute Gasteiger partial charge is 0.328 e. The molecule has 0 spiro atoms. The molecular formula is C27H39N3O9. The molecule has 1 saturated carbocycles. The largest absolute Gasteiger partial charge is 0.504 e. The van der Waals surface area contributed by atoms with Crippen molar-refractivity contribution in [2.75, 3.05) is 26.9 Å². The maximum absolute atomic E-state index is 13.0. The lowest BCUT2D eigenvalue weighted by Crippen LogP contribution is -2.55. The first kappa shape index (κ1) is 31.4. The van der Waals surface area contributed by atoms with E-state index in [2.05, 4.69) is 16.0 Å². The van der Waals surface area contributed by atoms with Crippen LogP contribution in [0.1, 0.15) is 58.4 Å². The predicted octanol–water partition coefficient (Wildman–Crippen LogP) is 1.15. The van der Waals surface area contributed by atoms with E-state index in [4.69, 9.17) is 14.2 Å². The molecule has 39 heavy (non-hydrogen) atoms. The maximum atomic E-state index is 13.0. The third-order valence-electron chi connectivity index (χ3n) is 6.28. The number of benzene rings is 1. The minimum Gasteiger partial charge on any atom is -0.504 e. The number of methoxy groups -OCH3 is 1. The summed E-state index contributed by atoms with van der Waals surface area (Å²) in [7, 11) is 1.44. The Morgan fingerprint density at radius 2 is 1.74 bits per heavy atom. The van der Waals surface area contributed by atoms with Crippen LogP contribution in [0.3, 0.4) is 0 Å². The Balaban J connectivity index is 1.91. The van der Waals surface area contributed by atoms with Gasteiger partial charge in [0, 0.05) is 12.3 Å². The minimum absolute atomic E-state index is 0.0101. The van der Waals surface area contributed by atoms with E-state index in [1.807, 2.05) is 0 Å². The van der Waals surface area contributed by atoms with E-state index in [9.17, 15) is 29.1 Å². The van der Waals surface area contributed by atoms with Crippen LogP contribution in [0.4, 0.5) is 0 Å². The molecule has 4 N–H and O–H groups in total. The van der Waals surface area contributed by atoms with Gasteiger partial charge in [-0.2, -0.15) is 0 Å². The van der Waals surface area contributed by atoms with Crippen LogP contribution < -0.4 is 20.7 Å². The van der Waals surface area contributed by atoms with E-state index in [1.54, 1.807) is 39.8 Å². The Labute approximate surface area is 228 Å². The molecule has 3 amide bonds. The number of amides is 3. The topological polar surface area (TPSA) is 169 Å². The first-order valence-corrected chi connectivity index (χ1v) is 13.1. The third kappa shape index (κ3) is 9.45. The highest BCUT2D eigenvalue weighted by atomic mass is 16.5. The van der Waals surface area contributed by atoms with Crippen molar-refractivity contribution in [3.8, 4) is 11.5 Å². The molecule has 1 fully saturated rings. The van der Waals surface area contributed by atoms with Gasteiger partial charge in [0.1, 0.15) is 12.1 Å². The normalized spacial score (nSPS) is 17.4. The number of phenols is 1. The van der Waals surface area contributed by atoms with Crippen LogP contribution in [-0.4, -0.2) is 73.7 Å². The summed E-state index contributed by atoms with van der Waals surface area (Å²) in [6.07, 6.45) is 0.481. The van der Waals surface area contributed by atoms with Crippen LogP contribution >= 0.6 is 0 Å². The van der Waals surface area contributed by atoms with E-state index in [1.165, 1.54) is 13.2 Å². The van der Waals surface area contributed by atoms with Gasteiger partial charge >= 0.3 is 11.9 Å². The highest BCUT2D eigenvalue weighted by Gasteiger charge is 2.44. The summed E-state index contributed by atoms with van der Waals surface area (Å²) < 4.78 is 15.0. The van der Waals surface area contributed by atoms with E-state index in [-0.39, 0.29) is 62.0 Å². The lowest BCUT2D eigenvalue weighted by Gasteiger charge is -2.25. The number of carbonyl (C=O) groups is 5. The molecule has 1 aliphatic rings. The average Bonchev–Trinajstić information content (AvgIpc) is 3.69. The van der Waals surface area contributed by atoms with Crippen molar-refractivity contribution in [1.29, 1.82) is 0 Å². The van der Waals surface area contributed by atoms with Crippen molar-refractivity contribution in [2.24, 2.45) is 11.8 Å². The molecule has 216 valence electrons. The van der Waals surface area contributed by atoms with Crippen molar-refractivity contribution in [3.05, 3.63) is 23.8 Å². The molecule has 0 radical (unpaired) electrons. The van der Waals surface area contributed by atoms with E-state index in [0.717, 1.165) is 5.56 Å². The van der Waals surface area contributed by atoms with Gasteiger partial charge in [-0.15, -0.1) is 0 Å². The Bertz CT molecular complexity index is 1040. The molecule has 0 heterocycles. The van der Waals surface area contributed by atoms with Gasteiger partial charge in [-0.1, -0.05) is 19.9 Å². The number of phenolic OH excluding ortho intramolecular Hbond substituents is 1. The van der Waals surface area contributed by atoms with Gasteiger partial charge in [-0.05, 0) is 56.2 Å². The first-order valence-electron chi connectivity index (χ1n) is 13.1. The molecule has 2 rings (SSSR count). The number of carbonyl (C=O) groups excluding carboxylic acids is 5. The standard InChI is InChI=1S/C27H39N3O9/c1-6-38-23(33)11-9-19(27(36)39-7-2)29-26(35)24(15(3)4)30-22(32)14-28-25(34)18-13-17(18)16-8-10-20(31)21(12-16)37-5/h8,10,12,15,17-19,24,31H,6-7,9,11,13-14H2,1-5H3,(H,28,34)(H,29,35)(H,30,32)/t17?,18?,19-,24+/m1/s1. The zero-order chi connectivity index (χ0) is 29.1. The summed E-state index contributed by atoms with van der Waals surface area (Å²) in [4.78, 5) is 62.2. The molecule has 0 aromatic heterocycles. The molecule has 4 atom stereocenters. The van der Waals surface area contributed by atoms with Crippen molar-refractivity contribution < 1.29 is 43.3 Å². The third-order valence-corrected chi connectivity index (χ3v) is 6.28. The number of nitrogens with one attached hydrogen (secondary N) is 3. The zero-order valence-electron chi connectivity index (χ0n) is 23.1. The quantitative estimate of drug-likeness (QED) is 0.234. The SMILES string of the molecule is CCOC(=O)CC[C@@H](NC(=O)[C@@H](NC(=O)CNC(=O)C1CC1c1ccc(O)c(OC)c1)C(C)C)C(=O)OCC. The van der Waals surface area contributed by atoms with Crippen LogP contribution in [-0.2, 0) is 33.4 Å². The summed E-state index contributed by atoms with van der Waals surface area (Å²) in [5.41, 5.74) is 0.852. The molecule has 1 aromatic carbocycles. The molecule has 2 unspecified atom stereocenters. The van der Waals surface area contributed by atoms with Crippen molar-refractivity contribution in [2.45, 2.75) is 65.0 Å². The van der Waals surface area contributed by atoms with Gasteiger partial charge < -0.3 is 35.3 Å². The number of hydrogen-bond donors (Lipinski definition) is 4. The summed E-state index contributed by atoms with van der Waals surface area (Å²) >= 11 is 0. The van der Waals surface area contributed by atoms with E-state index in [0.29, 0.717) is 12.2 Å². The fourth-order valence-corrected chi connectivity index (χ4v) is 4.08. The second-order valence-corrected chi connectivity index (χ2v) is 9.54. The number of ether oxygens (including phenoxy) is 3. The predicted molar refractivity (Wildman–Crippen MR) is 140 cm³/mol. The van der Waals surface area contributed by atoms with Crippen LogP contribution in [0.15, 0.2) is 18.2 Å². The number of aromatic hydroxyl groups is 1. The van der Waals surface area contributed by atoms with Gasteiger partial charge in [0.05, 0.1) is 26.9 Å². The summed E-state index contributed by atoms with van der Waals surface area (Å²) in [5.74, 6) is -3.06. The Morgan fingerprint density at radius 1 is 1.05 bits per heavy atom. The zero-order valence-corrected chi connectivity index (χ0v) is 23.1. The monoisotopic (exact) mass is 549 g/mol. The lowest BCUT2D eigenvalue weighted by atomic mass is 10.0. The molecular weight excluding hydrogens is 510 g/mol. The van der Waals surface area contributed by atoms with Gasteiger partial charge in [0.15, 0.2) is 11.5 Å². The second kappa shape index (κ2) is 14.9. The Hall–Kier alpha value is -3.83. The van der Waals surface area contributed by atoms with Gasteiger partial charge in [0.25, 0.3) is 0 Å². The molecule has 1 aliphatic carbocycles. The van der Waals surface area contributed by atoms with Crippen LogP contribution in [0.2, 0.25) is 0 Å². The summed E-state index contributed by atoms with van der Waals surface area (Å²) in [5, 5.41) is 17.5. The maximum Gasteiger partial charge on any atom is 0.328 e. The fraction of sp³-hybridized carbons (Fsp3) is 0.593. The average molecular weight is 550 g/mol. The second-order valence-electron chi connectivity index (χ2n) is 9.54. The minimum atomic E-state index is -1.09. The number of rotatable bonds is 15. The van der Waals surface area contributed by atoms with Crippen molar-refractivity contribution in [3.63, 3.8) is 0 Å². The molecule has 0 bridgehead atoms. The molecule has 12 nitrogen and oxygen atoms in total. The highest BCUT2D eigenvalue weighted by molar-refractivity contribution is 5.93. The lowest BCUT2D eigenvalue weighted by molar-refractivity contribution is -0.149. The van der Waals surface area contributed by atoms with Crippen LogP contribution in [0, 0.1) is 11.8 Å². The number of hydrogen-bond acceptors (Lipinski definition) is 9. The Morgan fingerprint density at radius 3 is 2.36 bits per heavy atom. The van der Waals surface area contributed by atoms with E-state index < -0.39 is 35.8 Å². The molecule has 0 aliphatic heterocycles. The molecule has 12 heteroatoms. The summed E-state index contributed by atoms with van der Waals surface area (Å²) in [6.45, 7) is 6.69. The molecule has 1 aromatic rings. The van der Waals surface area contributed by atoms with Gasteiger partial charge in [-0.3, -0.25) is 19.2 Å².